The van der Waals surface area contributed by atoms with Gasteiger partial charge < -0.3 is 9.88 Å². The maximum absolute atomic E-state index is 12.5. The number of amides is 1. The highest BCUT2D eigenvalue weighted by Gasteiger charge is 2.14. The molecule has 1 N–H and O–H groups in total. The van der Waals surface area contributed by atoms with Gasteiger partial charge in [-0.3, -0.25) is 4.79 Å². The molecule has 0 unspecified atom stereocenters. The second-order valence-electron chi connectivity index (χ2n) is 5.06. The van der Waals surface area contributed by atoms with Crippen LogP contribution in [0.1, 0.15) is 16.1 Å². The molecule has 1 amide bonds. The van der Waals surface area contributed by atoms with Crippen LogP contribution in [0.5, 0.6) is 0 Å². The van der Waals surface area contributed by atoms with E-state index in [0.29, 0.717) is 12.2 Å². The van der Waals surface area contributed by atoms with Gasteiger partial charge >= 0.3 is 0 Å². The van der Waals surface area contributed by atoms with Gasteiger partial charge in [-0.15, -0.1) is 0 Å². The first-order valence-electron chi connectivity index (χ1n) is 6.71. The number of H-pyrrole nitrogens is 1. The fraction of sp³-hybridized carbons (Fsp3) is 0.118. The Morgan fingerprint density at radius 2 is 1.90 bits per heavy atom. The highest BCUT2D eigenvalue weighted by molar-refractivity contribution is 9.10. The van der Waals surface area contributed by atoms with E-state index in [0.717, 1.165) is 20.9 Å². The van der Waals surface area contributed by atoms with Crippen LogP contribution in [0.3, 0.4) is 0 Å². The minimum absolute atomic E-state index is 0.00817. The van der Waals surface area contributed by atoms with Crippen molar-refractivity contribution in [2.45, 2.75) is 6.54 Å². The topological polar surface area (TPSA) is 36.1 Å². The van der Waals surface area contributed by atoms with Crippen LogP contribution in [0, 0.1) is 0 Å². The Kier molecular flexibility index (Phi) is 3.80. The number of nitrogens with zero attached hydrogens (tertiary/aromatic N) is 1. The summed E-state index contributed by atoms with van der Waals surface area (Å²) in [5.41, 5.74) is 2.69. The van der Waals surface area contributed by atoms with Gasteiger partial charge in [-0.1, -0.05) is 52.3 Å². The van der Waals surface area contributed by atoms with Crippen molar-refractivity contribution in [1.29, 1.82) is 0 Å². The van der Waals surface area contributed by atoms with Crippen LogP contribution >= 0.6 is 15.9 Å². The van der Waals surface area contributed by atoms with E-state index >= 15 is 0 Å². The van der Waals surface area contributed by atoms with Crippen LogP contribution in [0.15, 0.2) is 59.1 Å². The molecule has 21 heavy (non-hydrogen) atoms. The van der Waals surface area contributed by atoms with Gasteiger partial charge in [-0.2, -0.15) is 0 Å². The molecular formula is C17H15BrN2O. The molecule has 0 aliphatic carbocycles. The molecule has 106 valence electrons. The monoisotopic (exact) mass is 342 g/mol. The number of hydrogen-bond donors (Lipinski definition) is 1. The highest BCUT2D eigenvalue weighted by Crippen LogP contribution is 2.21. The van der Waals surface area contributed by atoms with Crippen LogP contribution in [-0.4, -0.2) is 22.8 Å². The Labute approximate surface area is 131 Å². The van der Waals surface area contributed by atoms with Crippen molar-refractivity contribution in [3.63, 3.8) is 0 Å². The third-order valence-electron chi connectivity index (χ3n) is 3.42. The standard InChI is InChI=1S/C17H15BrN2O/c1-20(11-12-5-3-2-4-6-12)17(21)16-9-13-7-8-14(18)10-15(13)19-16/h2-10,19H,11H2,1H3. The normalized spacial score (nSPS) is 10.8. The number of benzene rings is 2. The molecular weight excluding hydrogens is 328 g/mol. The molecule has 2 aromatic carbocycles. The number of nitrogens with one attached hydrogen (secondary N) is 1. The second kappa shape index (κ2) is 5.74. The summed E-state index contributed by atoms with van der Waals surface area (Å²) < 4.78 is 0.994. The quantitative estimate of drug-likeness (QED) is 0.760. The third-order valence-corrected chi connectivity index (χ3v) is 3.92. The molecule has 0 fully saturated rings. The molecule has 3 nitrogen and oxygen atoms in total. The lowest BCUT2D eigenvalue weighted by Gasteiger charge is -2.16. The molecule has 0 saturated carbocycles. The minimum Gasteiger partial charge on any atom is -0.350 e. The van der Waals surface area contributed by atoms with Crippen molar-refractivity contribution >= 4 is 32.7 Å². The van der Waals surface area contributed by atoms with Crippen LogP contribution < -0.4 is 0 Å². The summed E-state index contributed by atoms with van der Waals surface area (Å²) in [6.45, 7) is 0.596. The summed E-state index contributed by atoms with van der Waals surface area (Å²) in [6.07, 6.45) is 0. The molecule has 0 atom stereocenters. The number of carbonyl (C=O) groups is 1. The van der Waals surface area contributed by atoms with E-state index in [-0.39, 0.29) is 5.91 Å². The average Bonchev–Trinajstić information content (AvgIpc) is 2.90. The van der Waals surface area contributed by atoms with Crippen LogP contribution in [0.25, 0.3) is 10.9 Å². The Bertz CT molecular complexity index is 780. The lowest BCUT2D eigenvalue weighted by atomic mass is 10.2. The van der Waals surface area contributed by atoms with Gasteiger partial charge in [-0.25, -0.2) is 0 Å². The number of carbonyl (C=O) groups excluding carboxylic acids is 1. The average molecular weight is 343 g/mol. The summed E-state index contributed by atoms with van der Waals surface area (Å²) in [4.78, 5) is 17.4. The first-order chi connectivity index (χ1) is 10.1. The van der Waals surface area contributed by atoms with Gasteiger partial charge in [-0.05, 0) is 23.8 Å². The number of aromatic nitrogens is 1. The Morgan fingerprint density at radius 1 is 1.14 bits per heavy atom. The van der Waals surface area contributed by atoms with E-state index in [2.05, 4.69) is 20.9 Å². The molecule has 0 bridgehead atoms. The molecule has 0 saturated heterocycles. The maximum atomic E-state index is 12.5. The Morgan fingerprint density at radius 3 is 2.67 bits per heavy atom. The Balaban J connectivity index is 1.82. The number of fused-ring (bicyclic) bond motifs is 1. The SMILES string of the molecule is CN(Cc1ccccc1)C(=O)c1cc2ccc(Br)cc2[nH]1. The van der Waals surface area contributed by atoms with Crippen molar-refractivity contribution in [2.75, 3.05) is 7.05 Å². The van der Waals surface area contributed by atoms with Crippen LogP contribution in [0.4, 0.5) is 0 Å². The molecule has 4 heteroatoms. The highest BCUT2D eigenvalue weighted by atomic mass is 79.9. The third kappa shape index (κ3) is 3.00. The fourth-order valence-corrected chi connectivity index (χ4v) is 2.71. The summed E-state index contributed by atoms with van der Waals surface area (Å²) in [5, 5.41) is 1.04. The predicted molar refractivity (Wildman–Crippen MR) is 88.2 cm³/mol. The smallest absolute Gasteiger partial charge is 0.270 e. The maximum Gasteiger partial charge on any atom is 0.270 e. The second-order valence-corrected chi connectivity index (χ2v) is 5.98. The summed E-state index contributed by atoms with van der Waals surface area (Å²) in [7, 11) is 1.82. The van der Waals surface area contributed by atoms with Gasteiger partial charge in [0.05, 0.1) is 0 Å². The van der Waals surface area contributed by atoms with E-state index in [9.17, 15) is 4.79 Å². The zero-order chi connectivity index (χ0) is 14.8. The van der Waals surface area contributed by atoms with E-state index in [4.69, 9.17) is 0 Å². The predicted octanol–water partition coefficient (Wildman–Crippen LogP) is 4.20. The molecule has 1 heterocycles. The van der Waals surface area contributed by atoms with Gasteiger partial charge in [0.2, 0.25) is 0 Å². The van der Waals surface area contributed by atoms with E-state index in [1.165, 1.54) is 0 Å². The summed E-state index contributed by atoms with van der Waals surface area (Å²) >= 11 is 3.44. The van der Waals surface area contributed by atoms with Crippen molar-refractivity contribution in [3.05, 3.63) is 70.3 Å². The molecule has 0 aliphatic heterocycles. The van der Waals surface area contributed by atoms with Gasteiger partial charge in [0.15, 0.2) is 0 Å². The lowest BCUT2D eigenvalue weighted by molar-refractivity contribution is 0.0780. The number of rotatable bonds is 3. The van der Waals surface area contributed by atoms with Crippen molar-refractivity contribution in [1.82, 2.24) is 9.88 Å². The molecule has 1 aromatic heterocycles. The molecule has 0 spiro atoms. The molecule has 3 rings (SSSR count). The van der Waals surface area contributed by atoms with Crippen LogP contribution in [-0.2, 0) is 6.54 Å². The fourth-order valence-electron chi connectivity index (χ4n) is 2.35. The largest absolute Gasteiger partial charge is 0.350 e. The molecule has 0 aliphatic rings. The number of halogens is 1. The lowest BCUT2D eigenvalue weighted by Crippen LogP contribution is -2.26. The van der Waals surface area contributed by atoms with Gasteiger partial charge in [0.25, 0.3) is 5.91 Å². The summed E-state index contributed by atoms with van der Waals surface area (Å²) in [5.74, 6) is -0.00817. The van der Waals surface area contributed by atoms with E-state index in [1.54, 1.807) is 4.90 Å². The van der Waals surface area contributed by atoms with Crippen molar-refractivity contribution < 1.29 is 4.79 Å². The van der Waals surface area contributed by atoms with Crippen LogP contribution in [0.2, 0.25) is 0 Å². The first kappa shape index (κ1) is 13.9. The van der Waals surface area contributed by atoms with E-state index < -0.39 is 0 Å². The molecule has 3 aromatic rings. The summed E-state index contributed by atoms with van der Waals surface area (Å²) in [6, 6.07) is 17.8. The minimum atomic E-state index is -0.00817. The zero-order valence-electron chi connectivity index (χ0n) is 11.6. The van der Waals surface area contributed by atoms with Gasteiger partial charge in [0.1, 0.15) is 5.69 Å². The molecule has 0 radical (unpaired) electrons. The zero-order valence-corrected chi connectivity index (χ0v) is 13.2. The number of hydrogen-bond acceptors (Lipinski definition) is 1. The van der Waals surface area contributed by atoms with Gasteiger partial charge in [0, 0.05) is 29.0 Å². The Hall–Kier alpha value is -2.07. The van der Waals surface area contributed by atoms with Crippen molar-refractivity contribution in [3.8, 4) is 0 Å². The van der Waals surface area contributed by atoms with Crippen molar-refractivity contribution in [2.24, 2.45) is 0 Å². The van der Waals surface area contributed by atoms with E-state index in [1.807, 2.05) is 61.6 Å². The first-order valence-corrected chi connectivity index (χ1v) is 7.50. The number of aromatic amines is 1.